The van der Waals surface area contributed by atoms with Crippen molar-refractivity contribution in [3.8, 4) is 55.8 Å². The van der Waals surface area contributed by atoms with Gasteiger partial charge in [0.1, 0.15) is 5.15 Å². The average Bonchev–Trinajstić information content (AvgIpc) is 1.14. The number of halogens is 1. The van der Waals surface area contributed by atoms with E-state index in [9.17, 15) is 10.0 Å². The smallest absolute Gasteiger partial charge is 0.423 e. The number of hydrogen-bond donors (Lipinski definition) is 2. The zero-order valence-electron chi connectivity index (χ0n) is 48.2. The molecule has 0 unspecified atom stereocenters. The van der Waals surface area contributed by atoms with E-state index in [4.69, 9.17) is 21.6 Å². The number of thiophene rings is 2. The summed E-state index contributed by atoms with van der Waals surface area (Å²) in [5.74, 6) is 0. The van der Waals surface area contributed by atoms with Crippen LogP contribution in [0.1, 0.15) is 0 Å². The van der Waals surface area contributed by atoms with E-state index in [1.165, 1.54) is 84.1 Å². The van der Waals surface area contributed by atoms with Gasteiger partial charge >= 0.3 is 7.12 Å². The Labute approximate surface area is 531 Å². The van der Waals surface area contributed by atoms with Gasteiger partial charge in [0.2, 0.25) is 0 Å². The van der Waals surface area contributed by atoms with E-state index in [2.05, 4.69) is 240 Å². The highest BCUT2D eigenvalue weighted by Gasteiger charge is 2.17. The van der Waals surface area contributed by atoms with Crippen molar-refractivity contribution < 1.29 is 10.0 Å². The topological polar surface area (TPSA) is 92.0 Å². The molecule has 0 saturated carbocycles. The van der Waals surface area contributed by atoms with Crippen LogP contribution in [0.3, 0.4) is 0 Å². The van der Waals surface area contributed by atoms with E-state index in [0.29, 0.717) is 10.6 Å². The Kier molecular flexibility index (Phi) is 14.2. The Morgan fingerprint density at radius 3 is 1.11 bits per heavy atom. The Hall–Kier alpha value is -10.5. The van der Waals surface area contributed by atoms with Gasteiger partial charge in [-0.05, 0) is 102 Å². The molecule has 424 valence electrons. The monoisotopic (exact) mass is 1210 g/mol. The van der Waals surface area contributed by atoms with E-state index in [1.807, 2.05) is 71.3 Å². The van der Waals surface area contributed by atoms with Crippen molar-refractivity contribution in [3.05, 3.63) is 297 Å². The molecular formula is C80H50BClN4O2S2. The van der Waals surface area contributed by atoms with Gasteiger partial charge in [-0.3, -0.25) is 9.97 Å². The minimum absolute atomic E-state index is 0.424. The molecule has 90 heavy (non-hydrogen) atoms. The van der Waals surface area contributed by atoms with Gasteiger partial charge in [0.25, 0.3) is 0 Å². The lowest BCUT2D eigenvalue weighted by Gasteiger charge is -2.11. The zero-order valence-corrected chi connectivity index (χ0v) is 50.6. The maximum atomic E-state index is 9.47. The summed E-state index contributed by atoms with van der Waals surface area (Å²) in [5.41, 5.74) is 15.3. The van der Waals surface area contributed by atoms with Crippen LogP contribution >= 0.6 is 34.3 Å². The van der Waals surface area contributed by atoms with Crippen molar-refractivity contribution in [1.82, 2.24) is 19.9 Å². The molecule has 0 fully saturated rings. The minimum Gasteiger partial charge on any atom is -0.423 e. The molecule has 14 aromatic carbocycles. The van der Waals surface area contributed by atoms with E-state index in [1.54, 1.807) is 12.3 Å². The summed E-state index contributed by atoms with van der Waals surface area (Å²) in [7, 11) is -1.46. The summed E-state index contributed by atoms with van der Waals surface area (Å²) >= 11 is 9.69. The summed E-state index contributed by atoms with van der Waals surface area (Å²) in [6.45, 7) is 0. The molecular weight excluding hydrogens is 1160 g/mol. The molecule has 10 heteroatoms. The SMILES string of the molecule is Clc1cnc2c3ccccc3c3ccccc3c2n1.OB(O)c1cccc(-c2cccc(-c3cccc4c3sc3ccccc34)c2)c1.c1cc(-c2cccc(-c3cccc4c3sc3ccccc34)c2)cc(-c2cnc3c4ccccc4c4ccccc4c3n2)c1. The van der Waals surface area contributed by atoms with Crippen molar-refractivity contribution in [2.24, 2.45) is 0 Å². The third kappa shape index (κ3) is 9.95. The lowest BCUT2D eigenvalue weighted by molar-refractivity contribution is 0.426. The van der Waals surface area contributed by atoms with E-state index >= 15 is 0 Å². The van der Waals surface area contributed by atoms with Crippen LogP contribution in [0.5, 0.6) is 0 Å². The third-order valence-electron chi connectivity index (χ3n) is 17.0. The first-order valence-electron chi connectivity index (χ1n) is 29.7. The molecule has 6 nitrogen and oxygen atoms in total. The molecule has 18 rings (SSSR count). The van der Waals surface area contributed by atoms with Gasteiger partial charge in [-0.15, -0.1) is 22.7 Å². The summed E-state index contributed by atoms with van der Waals surface area (Å²) in [4.78, 5) is 19.1. The van der Waals surface area contributed by atoms with Crippen LogP contribution in [0.15, 0.2) is 291 Å². The number of benzene rings is 14. The number of aromatic nitrogens is 4. The molecule has 0 bridgehead atoms. The van der Waals surface area contributed by atoms with Gasteiger partial charge in [0.15, 0.2) is 0 Å². The predicted octanol–water partition coefficient (Wildman–Crippen LogP) is 21.0. The summed E-state index contributed by atoms with van der Waals surface area (Å²) in [5, 5.41) is 33.9. The van der Waals surface area contributed by atoms with Crippen LogP contribution in [0.25, 0.3) is 161 Å². The van der Waals surface area contributed by atoms with Crippen molar-refractivity contribution in [1.29, 1.82) is 0 Å². The highest BCUT2D eigenvalue weighted by Crippen LogP contribution is 2.43. The summed E-state index contributed by atoms with van der Waals surface area (Å²) in [6.07, 6.45) is 3.52. The van der Waals surface area contributed by atoms with Crippen molar-refractivity contribution >= 4 is 152 Å². The number of fused-ring (bicyclic) bond motifs is 18. The standard InChI is InChI=1S/C40H24N2S.C24H17BO2S.C16H9ClN2/c1-3-17-33-30(14-1)31-15-2-4-18-34(31)39-38(33)41-24-36(42-39)28-13-8-11-26(23-28)25-10-7-12-27(22-25)29-19-9-20-35-32-16-5-6-21-37(32)43-40(29)35;26-25(27)19-9-4-7-17(15-19)16-6-3-8-18(14-16)20-11-5-12-22-21-10-1-2-13-23(21)28-24(20)22;17-14-9-18-15-12-7-3-1-5-10(12)11-6-2-4-8-13(11)16(15)19-14/h1-24H;1-15,26-27H;1-9H. The molecule has 0 atom stereocenters. The second-order valence-corrected chi connectivity index (χ2v) is 24.8. The molecule has 18 aromatic rings. The van der Waals surface area contributed by atoms with Crippen LogP contribution in [-0.4, -0.2) is 37.1 Å². The molecule has 0 spiro atoms. The van der Waals surface area contributed by atoms with E-state index in [0.717, 1.165) is 77.1 Å². The Balaban J connectivity index is 0.000000118. The largest absolute Gasteiger partial charge is 0.488 e. The van der Waals surface area contributed by atoms with Gasteiger partial charge in [-0.2, -0.15) is 0 Å². The first-order chi connectivity index (χ1) is 44.4. The fourth-order valence-electron chi connectivity index (χ4n) is 12.8. The molecule has 0 aliphatic carbocycles. The van der Waals surface area contributed by atoms with Gasteiger partial charge in [0, 0.05) is 67.5 Å². The molecule has 0 amide bonds. The summed E-state index contributed by atoms with van der Waals surface area (Å²) < 4.78 is 5.25. The third-order valence-corrected chi connectivity index (χ3v) is 19.6. The van der Waals surface area contributed by atoms with Crippen molar-refractivity contribution in [2.45, 2.75) is 0 Å². The second kappa shape index (κ2) is 23.2. The first kappa shape index (κ1) is 54.9. The summed E-state index contributed by atoms with van der Waals surface area (Å²) in [6, 6.07) is 97.2. The van der Waals surface area contributed by atoms with Crippen LogP contribution in [-0.2, 0) is 0 Å². The van der Waals surface area contributed by atoms with Crippen LogP contribution in [0, 0.1) is 0 Å². The van der Waals surface area contributed by atoms with Gasteiger partial charge in [-0.25, -0.2) is 9.97 Å². The van der Waals surface area contributed by atoms with Crippen LogP contribution in [0.4, 0.5) is 0 Å². The number of hydrogen-bond acceptors (Lipinski definition) is 8. The average molecular weight is 1210 g/mol. The number of nitrogens with zero attached hydrogens (tertiary/aromatic N) is 4. The molecule has 4 aromatic heterocycles. The lowest BCUT2D eigenvalue weighted by atomic mass is 9.79. The molecule has 0 aliphatic heterocycles. The fourth-order valence-corrected chi connectivity index (χ4v) is 15.4. The van der Waals surface area contributed by atoms with Gasteiger partial charge in [-0.1, -0.05) is 260 Å². The van der Waals surface area contributed by atoms with Crippen LogP contribution in [0.2, 0.25) is 5.15 Å². The molecule has 2 N–H and O–H groups in total. The quantitative estimate of drug-likeness (QED) is 0.127. The van der Waals surface area contributed by atoms with Gasteiger partial charge < -0.3 is 10.0 Å². The fraction of sp³-hybridized carbons (Fsp3) is 0. The molecule has 0 saturated heterocycles. The highest BCUT2D eigenvalue weighted by atomic mass is 35.5. The normalized spacial score (nSPS) is 11.5. The first-order valence-corrected chi connectivity index (χ1v) is 31.7. The van der Waals surface area contributed by atoms with Crippen molar-refractivity contribution in [3.63, 3.8) is 0 Å². The molecule has 0 aliphatic rings. The predicted molar refractivity (Wildman–Crippen MR) is 383 cm³/mol. The van der Waals surface area contributed by atoms with E-state index in [-0.39, 0.29) is 0 Å². The Bertz CT molecular complexity index is 5780. The molecule has 4 heterocycles. The second-order valence-electron chi connectivity index (χ2n) is 22.3. The minimum atomic E-state index is -1.46. The molecule has 0 radical (unpaired) electrons. The van der Waals surface area contributed by atoms with Crippen molar-refractivity contribution in [2.75, 3.05) is 0 Å². The Morgan fingerprint density at radius 2 is 0.633 bits per heavy atom. The maximum Gasteiger partial charge on any atom is 0.488 e. The zero-order chi connectivity index (χ0) is 60.2. The van der Waals surface area contributed by atoms with E-state index < -0.39 is 7.12 Å². The maximum absolute atomic E-state index is 9.47. The Morgan fingerprint density at radius 1 is 0.289 bits per heavy atom. The van der Waals surface area contributed by atoms with Crippen LogP contribution < -0.4 is 5.46 Å². The van der Waals surface area contributed by atoms with Gasteiger partial charge in [0.05, 0.1) is 40.2 Å². The lowest BCUT2D eigenvalue weighted by Crippen LogP contribution is -2.29. The number of rotatable bonds is 6. The highest BCUT2D eigenvalue weighted by molar-refractivity contribution is 7.26.